The molecule has 2 unspecified atom stereocenters. The fourth-order valence-electron chi connectivity index (χ4n) is 7.78. The Morgan fingerprint density at radius 1 is 1.00 bits per heavy atom. The fraction of sp³-hybridized carbons (Fsp3) is 0.639. The summed E-state index contributed by atoms with van der Waals surface area (Å²) in [6, 6.07) is 8.91. The summed E-state index contributed by atoms with van der Waals surface area (Å²) in [6.07, 6.45) is 9.40. The van der Waals surface area contributed by atoms with Gasteiger partial charge >= 0.3 is 5.97 Å². The van der Waals surface area contributed by atoms with Gasteiger partial charge in [-0.3, -0.25) is 19.1 Å². The summed E-state index contributed by atoms with van der Waals surface area (Å²) in [6.45, 7) is 8.35. The Balaban J connectivity index is 1.16. The topological polar surface area (TPSA) is 123 Å². The molecule has 254 valence electrons. The second kappa shape index (κ2) is 13.4. The molecule has 3 amide bonds. The molecule has 4 aliphatic rings. The van der Waals surface area contributed by atoms with Crippen LogP contribution in [0.4, 0.5) is 0 Å². The third-order valence-corrected chi connectivity index (χ3v) is 11.0. The highest BCUT2D eigenvalue weighted by atomic mass is 16.5. The summed E-state index contributed by atoms with van der Waals surface area (Å²) in [5.41, 5.74) is 0.903. The molecular weight excluding hydrogens is 598 g/mol. The maximum absolute atomic E-state index is 14.1. The van der Waals surface area contributed by atoms with Crippen molar-refractivity contribution >= 4 is 23.7 Å². The predicted octanol–water partition coefficient (Wildman–Crippen LogP) is 3.52. The van der Waals surface area contributed by atoms with Crippen LogP contribution in [0.25, 0.3) is 0 Å². The number of rotatable bonds is 11. The minimum Gasteiger partial charge on any atom is -0.467 e. The third-order valence-electron chi connectivity index (χ3n) is 11.0. The second-order valence-electron chi connectivity index (χ2n) is 15.0. The van der Waals surface area contributed by atoms with E-state index in [1.807, 2.05) is 35.2 Å². The summed E-state index contributed by atoms with van der Waals surface area (Å²) >= 11 is 0. The van der Waals surface area contributed by atoms with Crippen LogP contribution in [-0.4, -0.2) is 95.3 Å². The molecule has 1 aromatic carbocycles. The van der Waals surface area contributed by atoms with E-state index >= 15 is 0 Å². The number of methoxy groups -OCH3 is 1. The number of amides is 3. The van der Waals surface area contributed by atoms with Crippen LogP contribution in [0, 0.1) is 28.6 Å². The molecule has 1 aromatic heterocycles. The van der Waals surface area contributed by atoms with Crippen LogP contribution < -0.4 is 5.32 Å². The van der Waals surface area contributed by atoms with Gasteiger partial charge in [-0.25, -0.2) is 4.79 Å². The molecular formula is C36H49N5O6. The van der Waals surface area contributed by atoms with Crippen molar-refractivity contribution in [1.29, 1.82) is 0 Å². The van der Waals surface area contributed by atoms with Gasteiger partial charge in [0.25, 0.3) is 5.91 Å². The van der Waals surface area contributed by atoms with Crippen molar-refractivity contribution < 1.29 is 28.7 Å². The number of carbonyl (C=O) groups excluding carboxylic acids is 4. The maximum atomic E-state index is 14.1. The number of nitrogens with zero attached hydrogens (tertiary/aromatic N) is 4. The number of hydrogen-bond donors (Lipinski definition) is 1. The smallest absolute Gasteiger partial charge is 0.331 e. The highest BCUT2D eigenvalue weighted by Gasteiger charge is 2.62. The van der Waals surface area contributed by atoms with Crippen molar-refractivity contribution in [2.24, 2.45) is 28.6 Å². The van der Waals surface area contributed by atoms with Crippen molar-refractivity contribution in [3.63, 3.8) is 0 Å². The normalized spacial score (nSPS) is 24.3. The Bertz CT molecular complexity index is 1460. The molecule has 6 rings (SSSR count). The molecule has 3 heterocycles. The Hall–Kier alpha value is -3.73. The van der Waals surface area contributed by atoms with Gasteiger partial charge in [-0.15, -0.1) is 0 Å². The van der Waals surface area contributed by atoms with Crippen LogP contribution in [0.3, 0.4) is 0 Å². The number of ether oxygens (including phenoxy) is 2. The van der Waals surface area contributed by atoms with Crippen LogP contribution in [-0.2, 0) is 30.4 Å². The van der Waals surface area contributed by atoms with Crippen LogP contribution >= 0.6 is 0 Å². The van der Waals surface area contributed by atoms with E-state index in [1.165, 1.54) is 26.4 Å². The van der Waals surface area contributed by atoms with Gasteiger partial charge in [-0.05, 0) is 43.1 Å². The van der Waals surface area contributed by atoms with Crippen LogP contribution in [0.15, 0.2) is 42.7 Å². The SMILES string of the molecule is COC(=O)C(NC(=O)[C@@H]1CN(C(=O)c2cnn(Cc3ccccc3)c2)CC12CN(C(=O)[C@H]1CC1(C)C)C2)C(C)OCC1CCCCC1. The van der Waals surface area contributed by atoms with Gasteiger partial charge in [-0.2, -0.15) is 5.10 Å². The number of likely N-dealkylation sites (tertiary alicyclic amines) is 2. The molecule has 2 aromatic rings. The fourth-order valence-corrected chi connectivity index (χ4v) is 7.78. The molecule has 0 bridgehead atoms. The minimum atomic E-state index is -0.987. The molecule has 0 radical (unpaired) electrons. The highest BCUT2D eigenvalue weighted by molar-refractivity contribution is 5.95. The number of esters is 1. The molecule has 4 atom stereocenters. The molecule has 11 nitrogen and oxygen atoms in total. The lowest BCUT2D eigenvalue weighted by Gasteiger charge is -2.50. The van der Waals surface area contributed by atoms with E-state index in [0.717, 1.165) is 24.8 Å². The summed E-state index contributed by atoms with van der Waals surface area (Å²) in [7, 11) is 1.31. The Labute approximate surface area is 277 Å². The molecule has 4 fully saturated rings. The number of nitrogens with one attached hydrogen (secondary N) is 1. The summed E-state index contributed by atoms with van der Waals surface area (Å²) < 4.78 is 13.0. The summed E-state index contributed by atoms with van der Waals surface area (Å²) in [5.74, 6) is -1.16. The largest absolute Gasteiger partial charge is 0.467 e. The monoisotopic (exact) mass is 647 g/mol. The first-order chi connectivity index (χ1) is 22.5. The molecule has 47 heavy (non-hydrogen) atoms. The molecule has 2 saturated carbocycles. The van der Waals surface area contributed by atoms with Crippen LogP contribution in [0.2, 0.25) is 0 Å². The Kier molecular flexibility index (Phi) is 9.47. The van der Waals surface area contributed by atoms with E-state index in [9.17, 15) is 19.2 Å². The van der Waals surface area contributed by atoms with Gasteiger partial charge in [0.2, 0.25) is 11.8 Å². The van der Waals surface area contributed by atoms with Crippen molar-refractivity contribution in [2.45, 2.75) is 78.0 Å². The first-order valence-corrected chi connectivity index (χ1v) is 17.1. The van der Waals surface area contributed by atoms with Crippen molar-refractivity contribution in [2.75, 3.05) is 39.9 Å². The van der Waals surface area contributed by atoms with E-state index < -0.39 is 29.4 Å². The van der Waals surface area contributed by atoms with Crippen molar-refractivity contribution in [3.05, 3.63) is 53.9 Å². The highest BCUT2D eigenvalue weighted by Crippen LogP contribution is 2.54. The predicted molar refractivity (Wildman–Crippen MR) is 174 cm³/mol. The quantitative estimate of drug-likeness (QED) is 0.371. The summed E-state index contributed by atoms with van der Waals surface area (Å²) in [5, 5.41) is 7.36. The number of aromatic nitrogens is 2. The molecule has 2 aliphatic carbocycles. The maximum Gasteiger partial charge on any atom is 0.331 e. The number of hydrogen-bond acceptors (Lipinski definition) is 7. The second-order valence-corrected chi connectivity index (χ2v) is 15.0. The standard InChI is InChI=1S/C36H49N5O6/c1-24(47-20-26-13-9-6-10-14-26)30(34(45)46-4)38-31(42)29-19-39(21-36(29)22-40(23-36)33(44)28-15-35(28,2)3)32(43)27-16-37-41(18-27)17-25-11-7-5-8-12-25/h5,7-8,11-12,16,18,24,26,28-30H,6,9-10,13-15,17,19-23H2,1-4H3,(H,38,42)/t24?,28-,29+,30?/m1/s1. The zero-order valence-electron chi connectivity index (χ0n) is 28.2. The van der Waals surface area contributed by atoms with Crippen LogP contribution in [0.5, 0.6) is 0 Å². The van der Waals surface area contributed by atoms with E-state index in [2.05, 4.69) is 24.3 Å². The van der Waals surface area contributed by atoms with Gasteiger partial charge in [0.15, 0.2) is 6.04 Å². The zero-order valence-corrected chi connectivity index (χ0v) is 28.2. The average molecular weight is 648 g/mol. The van der Waals surface area contributed by atoms with Gasteiger partial charge in [0.05, 0.1) is 37.4 Å². The lowest BCUT2D eigenvalue weighted by Crippen LogP contribution is -2.65. The third kappa shape index (κ3) is 7.10. The average Bonchev–Trinajstić information content (AvgIpc) is 3.37. The molecule has 2 saturated heterocycles. The minimum absolute atomic E-state index is 0.00427. The summed E-state index contributed by atoms with van der Waals surface area (Å²) in [4.78, 5) is 57.6. The Morgan fingerprint density at radius 3 is 2.34 bits per heavy atom. The van der Waals surface area contributed by atoms with Crippen molar-refractivity contribution in [3.8, 4) is 0 Å². The molecule has 1 N–H and O–H groups in total. The molecule has 1 spiro atoms. The first-order valence-electron chi connectivity index (χ1n) is 17.1. The lowest BCUT2D eigenvalue weighted by atomic mass is 9.70. The van der Waals surface area contributed by atoms with Gasteiger partial charge in [0, 0.05) is 50.3 Å². The van der Waals surface area contributed by atoms with Crippen LogP contribution in [0.1, 0.15) is 75.2 Å². The molecule has 11 heteroatoms. The van der Waals surface area contributed by atoms with Gasteiger partial charge < -0.3 is 24.6 Å². The zero-order chi connectivity index (χ0) is 33.3. The Morgan fingerprint density at radius 2 is 1.68 bits per heavy atom. The van der Waals surface area contributed by atoms with E-state index in [0.29, 0.717) is 44.3 Å². The molecule has 2 aliphatic heterocycles. The van der Waals surface area contributed by atoms with E-state index in [-0.39, 0.29) is 35.6 Å². The van der Waals surface area contributed by atoms with Gasteiger partial charge in [-0.1, -0.05) is 63.4 Å². The van der Waals surface area contributed by atoms with E-state index in [4.69, 9.17) is 9.47 Å². The number of carbonyl (C=O) groups is 4. The van der Waals surface area contributed by atoms with Crippen molar-refractivity contribution in [1.82, 2.24) is 24.9 Å². The van der Waals surface area contributed by atoms with E-state index in [1.54, 1.807) is 28.9 Å². The van der Waals surface area contributed by atoms with Gasteiger partial charge in [0.1, 0.15) is 0 Å². The first kappa shape index (κ1) is 33.2. The number of benzene rings is 1. The lowest BCUT2D eigenvalue weighted by molar-refractivity contribution is -0.155.